The predicted molar refractivity (Wildman–Crippen MR) is 108 cm³/mol. The average Bonchev–Trinajstić information content (AvgIpc) is 3.10. The summed E-state index contributed by atoms with van der Waals surface area (Å²) in [5.41, 5.74) is 3.70. The Balaban J connectivity index is 1.31. The zero-order valence-corrected chi connectivity index (χ0v) is 16.6. The van der Waals surface area contributed by atoms with Crippen molar-refractivity contribution in [3.8, 4) is 5.75 Å². The highest BCUT2D eigenvalue weighted by atomic mass is 32.2. The molecule has 0 radical (unpaired) electrons. The summed E-state index contributed by atoms with van der Waals surface area (Å²) in [6.45, 7) is 4.50. The highest BCUT2D eigenvalue weighted by Crippen LogP contribution is 2.15. The third-order valence-corrected chi connectivity index (χ3v) is 5.19. The van der Waals surface area contributed by atoms with Crippen LogP contribution in [0.5, 0.6) is 5.75 Å². The number of hydrogen-bond acceptors (Lipinski definition) is 6. The van der Waals surface area contributed by atoms with Gasteiger partial charge in [-0.2, -0.15) is 0 Å². The van der Waals surface area contributed by atoms with Gasteiger partial charge < -0.3 is 10.1 Å². The van der Waals surface area contributed by atoms with Crippen molar-refractivity contribution in [1.29, 1.82) is 0 Å². The van der Waals surface area contributed by atoms with E-state index < -0.39 is 0 Å². The maximum Gasteiger partial charge on any atom is 0.209 e. The smallest absolute Gasteiger partial charge is 0.209 e. The number of ether oxygens (including phenoxy) is 1. The van der Waals surface area contributed by atoms with Gasteiger partial charge in [0, 0.05) is 19.3 Å². The number of hydrogen-bond donors (Lipinski definition) is 1. The number of aromatic nitrogens is 4. The molecule has 0 aliphatic rings. The lowest BCUT2D eigenvalue weighted by molar-refractivity contribution is 0.306. The van der Waals surface area contributed by atoms with E-state index in [4.69, 9.17) is 4.74 Å². The quantitative estimate of drug-likeness (QED) is 0.428. The Hall–Kier alpha value is -2.38. The zero-order valence-electron chi connectivity index (χ0n) is 15.8. The molecular formula is C20H25N5OS. The number of benzene rings is 2. The summed E-state index contributed by atoms with van der Waals surface area (Å²) in [4.78, 5) is 0. The average molecular weight is 384 g/mol. The molecule has 0 amide bonds. The van der Waals surface area contributed by atoms with Gasteiger partial charge in [-0.25, -0.2) is 4.68 Å². The highest BCUT2D eigenvalue weighted by molar-refractivity contribution is 7.99. The van der Waals surface area contributed by atoms with E-state index in [1.165, 1.54) is 16.7 Å². The standard InChI is InChI=1S/C20H25N5OS/c1-16-4-6-18(7-5-16)15-26-19-10-8-17(9-11-19)14-21-12-3-13-27-20-22-23-24-25(20)2/h4-11,21H,3,12-15H2,1-2H3. The van der Waals surface area contributed by atoms with Crippen molar-refractivity contribution in [3.63, 3.8) is 0 Å². The molecule has 0 spiro atoms. The molecule has 1 heterocycles. The molecule has 6 nitrogen and oxygen atoms in total. The van der Waals surface area contributed by atoms with Crippen molar-refractivity contribution in [2.75, 3.05) is 12.3 Å². The van der Waals surface area contributed by atoms with E-state index in [1.807, 2.05) is 19.2 Å². The van der Waals surface area contributed by atoms with Crippen LogP contribution < -0.4 is 10.1 Å². The SMILES string of the molecule is Cc1ccc(COc2ccc(CNCCCSc3nnnn3C)cc2)cc1. The third kappa shape index (κ3) is 6.37. The first-order valence-electron chi connectivity index (χ1n) is 9.04. The summed E-state index contributed by atoms with van der Waals surface area (Å²) in [6, 6.07) is 16.7. The third-order valence-electron chi connectivity index (χ3n) is 4.09. The van der Waals surface area contributed by atoms with Crippen LogP contribution in [0, 0.1) is 6.92 Å². The number of rotatable bonds is 10. The number of nitrogens with one attached hydrogen (secondary N) is 1. The van der Waals surface area contributed by atoms with Crippen LogP contribution in [0.2, 0.25) is 0 Å². The van der Waals surface area contributed by atoms with Gasteiger partial charge in [-0.3, -0.25) is 0 Å². The van der Waals surface area contributed by atoms with Crippen LogP contribution in [0.15, 0.2) is 53.7 Å². The Bertz CT molecular complexity index is 817. The molecule has 0 saturated heterocycles. The molecule has 27 heavy (non-hydrogen) atoms. The molecule has 0 saturated carbocycles. The van der Waals surface area contributed by atoms with Crippen LogP contribution in [0.3, 0.4) is 0 Å². The first kappa shape index (κ1) is 19.4. The molecule has 3 rings (SSSR count). The maximum absolute atomic E-state index is 5.85. The number of thioether (sulfide) groups is 1. The van der Waals surface area contributed by atoms with Gasteiger partial charge in [0.2, 0.25) is 5.16 Å². The molecular weight excluding hydrogens is 358 g/mol. The second-order valence-corrected chi connectivity index (χ2v) is 7.44. The van der Waals surface area contributed by atoms with Crippen LogP contribution in [-0.4, -0.2) is 32.5 Å². The van der Waals surface area contributed by atoms with Crippen molar-refractivity contribution in [2.45, 2.75) is 31.7 Å². The van der Waals surface area contributed by atoms with Crippen molar-refractivity contribution >= 4 is 11.8 Å². The van der Waals surface area contributed by atoms with E-state index in [0.717, 1.165) is 36.2 Å². The molecule has 142 valence electrons. The summed E-state index contributed by atoms with van der Waals surface area (Å²) < 4.78 is 7.54. The van der Waals surface area contributed by atoms with Crippen LogP contribution >= 0.6 is 11.8 Å². The van der Waals surface area contributed by atoms with Gasteiger partial charge in [0.15, 0.2) is 0 Å². The van der Waals surface area contributed by atoms with Crippen LogP contribution in [0.25, 0.3) is 0 Å². The van der Waals surface area contributed by atoms with Crippen LogP contribution in [-0.2, 0) is 20.2 Å². The molecule has 0 atom stereocenters. The molecule has 2 aromatic carbocycles. The molecule has 1 aromatic heterocycles. The fourth-order valence-electron chi connectivity index (χ4n) is 2.49. The summed E-state index contributed by atoms with van der Waals surface area (Å²) in [5, 5.41) is 15.7. The predicted octanol–water partition coefficient (Wildman–Crippen LogP) is 3.37. The van der Waals surface area contributed by atoms with Crippen LogP contribution in [0.4, 0.5) is 0 Å². The fourth-order valence-corrected chi connectivity index (χ4v) is 3.28. The first-order chi connectivity index (χ1) is 13.2. The monoisotopic (exact) mass is 383 g/mol. The Labute approximate surface area is 164 Å². The summed E-state index contributed by atoms with van der Waals surface area (Å²) in [6.07, 6.45) is 1.06. The summed E-state index contributed by atoms with van der Waals surface area (Å²) >= 11 is 1.68. The maximum atomic E-state index is 5.85. The van der Waals surface area contributed by atoms with Crippen molar-refractivity contribution in [3.05, 3.63) is 65.2 Å². The lowest BCUT2D eigenvalue weighted by Crippen LogP contribution is -2.15. The minimum atomic E-state index is 0.594. The van der Waals surface area contributed by atoms with Crippen molar-refractivity contribution in [1.82, 2.24) is 25.5 Å². The molecule has 0 bridgehead atoms. The number of nitrogens with zero attached hydrogens (tertiary/aromatic N) is 4. The van der Waals surface area contributed by atoms with E-state index >= 15 is 0 Å². The molecule has 0 unspecified atom stereocenters. The van der Waals surface area contributed by atoms with Crippen molar-refractivity contribution < 1.29 is 4.74 Å². The minimum absolute atomic E-state index is 0.594. The number of tetrazole rings is 1. The van der Waals surface area contributed by atoms with Crippen molar-refractivity contribution in [2.24, 2.45) is 7.05 Å². The van der Waals surface area contributed by atoms with E-state index in [9.17, 15) is 0 Å². The molecule has 1 N–H and O–H groups in total. The normalized spacial score (nSPS) is 10.9. The van der Waals surface area contributed by atoms with Gasteiger partial charge in [-0.15, -0.1) is 5.10 Å². The van der Waals surface area contributed by atoms with Crippen LogP contribution in [0.1, 0.15) is 23.1 Å². The Morgan fingerprint density at radius 2 is 1.78 bits per heavy atom. The van der Waals surface area contributed by atoms with Gasteiger partial charge in [0.25, 0.3) is 0 Å². The van der Waals surface area contributed by atoms with Gasteiger partial charge >= 0.3 is 0 Å². The fraction of sp³-hybridized carbons (Fsp3) is 0.350. The van der Waals surface area contributed by atoms with E-state index in [1.54, 1.807) is 16.4 Å². The first-order valence-corrected chi connectivity index (χ1v) is 10.0. The molecule has 0 fully saturated rings. The summed E-state index contributed by atoms with van der Waals surface area (Å²) in [7, 11) is 1.86. The van der Waals surface area contributed by atoms with Gasteiger partial charge in [0.1, 0.15) is 12.4 Å². The van der Waals surface area contributed by atoms with Gasteiger partial charge in [-0.05, 0) is 53.6 Å². The molecule has 0 aliphatic heterocycles. The molecule has 0 aliphatic carbocycles. The Morgan fingerprint density at radius 3 is 2.48 bits per heavy atom. The van der Waals surface area contributed by atoms with Gasteiger partial charge in [0.05, 0.1) is 0 Å². The largest absolute Gasteiger partial charge is 0.489 e. The molecule has 7 heteroatoms. The Morgan fingerprint density at radius 1 is 1.04 bits per heavy atom. The lowest BCUT2D eigenvalue weighted by atomic mass is 10.2. The summed E-state index contributed by atoms with van der Waals surface area (Å²) in [5.74, 6) is 1.89. The van der Waals surface area contributed by atoms with E-state index in [-0.39, 0.29) is 0 Å². The number of aryl methyl sites for hydroxylation is 2. The second-order valence-electron chi connectivity index (χ2n) is 6.38. The van der Waals surface area contributed by atoms with E-state index in [2.05, 4.69) is 64.2 Å². The van der Waals surface area contributed by atoms with E-state index in [0.29, 0.717) is 6.61 Å². The zero-order chi connectivity index (χ0) is 18.9. The molecule has 3 aromatic rings. The highest BCUT2D eigenvalue weighted by Gasteiger charge is 2.02. The topological polar surface area (TPSA) is 64.9 Å². The lowest BCUT2D eigenvalue weighted by Gasteiger charge is -2.08. The van der Waals surface area contributed by atoms with Gasteiger partial charge in [-0.1, -0.05) is 53.7 Å². The minimum Gasteiger partial charge on any atom is -0.489 e. The second kappa shape index (κ2) is 10.1. The Kier molecular flexibility index (Phi) is 7.24.